The average Bonchev–Trinajstić information content (AvgIpc) is 3.00. The van der Waals surface area contributed by atoms with E-state index in [9.17, 15) is 4.79 Å². The van der Waals surface area contributed by atoms with Crippen LogP contribution in [-0.2, 0) is 6.54 Å². The lowest BCUT2D eigenvalue weighted by Crippen LogP contribution is -2.36. The van der Waals surface area contributed by atoms with Crippen molar-refractivity contribution in [3.05, 3.63) is 40.9 Å². The van der Waals surface area contributed by atoms with Gasteiger partial charge in [0.2, 0.25) is 0 Å². The minimum Gasteiger partial charge on any atom is -0.476 e. The van der Waals surface area contributed by atoms with Crippen molar-refractivity contribution in [2.24, 2.45) is 0 Å². The van der Waals surface area contributed by atoms with Crippen molar-refractivity contribution in [2.75, 3.05) is 6.54 Å². The first-order chi connectivity index (χ1) is 10.6. The SMILES string of the molecule is CC1CCCCN1Cc1ccccc1-c1nc(C(=O)O)cs1. The molecule has 0 bridgehead atoms. The number of likely N-dealkylation sites (tertiary alicyclic amines) is 1. The van der Waals surface area contributed by atoms with Gasteiger partial charge < -0.3 is 5.11 Å². The number of piperidine rings is 1. The number of aromatic carboxylic acids is 1. The fraction of sp³-hybridized carbons (Fsp3) is 0.412. The van der Waals surface area contributed by atoms with Crippen molar-refractivity contribution < 1.29 is 9.90 Å². The van der Waals surface area contributed by atoms with Crippen LogP contribution in [0.15, 0.2) is 29.6 Å². The first kappa shape index (κ1) is 15.2. The van der Waals surface area contributed by atoms with Crippen LogP contribution in [0, 0.1) is 0 Å². The molecule has 2 heterocycles. The zero-order valence-corrected chi connectivity index (χ0v) is 13.5. The van der Waals surface area contributed by atoms with E-state index in [1.165, 1.54) is 36.2 Å². The van der Waals surface area contributed by atoms with E-state index < -0.39 is 5.97 Å². The summed E-state index contributed by atoms with van der Waals surface area (Å²) in [6.45, 7) is 4.32. The third-order valence-electron chi connectivity index (χ3n) is 4.29. The van der Waals surface area contributed by atoms with Crippen LogP contribution in [0.4, 0.5) is 0 Å². The Bertz CT molecular complexity index is 668. The standard InChI is InChI=1S/C17H20N2O2S/c1-12-6-4-5-9-19(12)10-13-7-2-3-8-14(13)16-18-15(11-22-16)17(20)21/h2-3,7-8,11-12H,4-6,9-10H2,1H3,(H,20,21). The highest BCUT2D eigenvalue weighted by Crippen LogP contribution is 2.29. The number of hydrogen-bond donors (Lipinski definition) is 1. The summed E-state index contributed by atoms with van der Waals surface area (Å²) < 4.78 is 0. The molecule has 0 spiro atoms. The molecule has 3 rings (SSSR count). The van der Waals surface area contributed by atoms with Gasteiger partial charge in [-0.15, -0.1) is 11.3 Å². The lowest BCUT2D eigenvalue weighted by atomic mass is 10.0. The summed E-state index contributed by atoms with van der Waals surface area (Å²) in [6.07, 6.45) is 3.82. The quantitative estimate of drug-likeness (QED) is 0.930. The van der Waals surface area contributed by atoms with Crippen LogP contribution in [0.3, 0.4) is 0 Å². The third-order valence-corrected chi connectivity index (χ3v) is 5.16. The van der Waals surface area contributed by atoms with Gasteiger partial charge in [-0.3, -0.25) is 4.90 Å². The van der Waals surface area contributed by atoms with Gasteiger partial charge >= 0.3 is 5.97 Å². The number of carboxylic acids is 1. The second-order valence-corrected chi connectivity index (χ2v) is 6.67. The van der Waals surface area contributed by atoms with Gasteiger partial charge in [-0.05, 0) is 31.9 Å². The van der Waals surface area contributed by atoms with E-state index in [1.54, 1.807) is 5.38 Å². The lowest BCUT2D eigenvalue weighted by Gasteiger charge is -2.33. The van der Waals surface area contributed by atoms with Crippen LogP contribution >= 0.6 is 11.3 Å². The van der Waals surface area contributed by atoms with E-state index in [2.05, 4.69) is 22.9 Å². The monoisotopic (exact) mass is 316 g/mol. The lowest BCUT2D eigenvalue weighted by molar-refractivity contribution is 0.0691. The molecule has 1 aromatic heterocycles. The molecule has 1 atom stereocenters. The topological polar surface area (TPSA) is 53.4 Å². The minimum absolute atomic E-state index is 0.126. The van der Waals surface area contributed by atoms with Crippen molar-refractivity contribution in [1.82, 2.24) is 9.88 Å². The molecule has 1 aromatic carbocycles. The molecule has 0 aliphatic carbocycles. The molecule has 0 saturated carbocycles. The molecule has 0 amide bonds. The molecule has 116 valence electrons. The van der Waals surface area contributed by atoms with E-state index in [0.29, 0.717) is 6.04 Å². The van der Waals surface area contributed by atoms with Crippen molar-refractivity contribution in [3.8, 4) is 10.6 Å². The summed E-state index contributed by atoms with van der Waals surface area (Å²) in [5.74, 6) is -0.968. The maximum absolute atomic E-state index is 11.0. The number of carboxylic acid groups (broad SMARTS) is 1. The molecule has 1 aliphatic heterocycles. The molecular weight excluding hydrogens is 296 g/mol. The second-order valence-electron chi connectivity index (χ2n) is 5.82. The molecule has 2 aromatic rings. The predicted molar refractivity (Wildman–Crippen MR) is 88.2 cm³/mol. The van der Waals surface area contributed by atoms with E-state index in [0.717, 1.165) is 23.7 Å². The fourth-order valence-electron chi connectivity index (χ4n) is 2.97. The van der Waals surface area contributed by atoms with Gasteiger partial charge in [0.1, 0.15) is 5.01 Å². The number of thiazole rings is 1. The Morgan fingerprint density at radius 3 is 2.95 bits per heavy atom. The largest absolute Gasteiger partial charge is 0.476 e. The summed E-state index contributed by atoms with van der Waals surface area (Å²) in [5.41, 5.74) is 2.40. The van der Waals surface area contributed by atoms with Crippen LogP contribution < -0.4 is 0 Å². The molecule has 0 radical (unpaired) electrons. The summed E-state index contributed by atoms with van der Waals surface area (Å²) >= 11 is 1.40. The highest BCUT2D eigenvalue weighted by Gasteiger charge is 2.20. The van der Waals surface area contributed by atoms with Gasteiger partial charge in [0.05, 0.1) is 0 Å². The van der Waals surface area contributed by atoms with Gasteiger partial charge in [0.15, 0.2) is 5.69 Å². The fourth-order valence-corrected chi connectivity index (χ4v) is 3.83. The molecule has 5 heteroatoms. The Hall–Kier alpha value is -1.72. The van der Waals surface area contributed by atoms with Crippen LogP contribution in [0.2, 0.25) is 0 Å². The molecule has 22 heavy (non-hydrogen) atoms. The number of aromatic nitrogens is 1. The summed E-state index contributed by atoms with van der Waals surface area (Å²) in [6, 6.07) is 8.79. The number of rotatable bonds is 4. The molecule has 1 aliphatic rings. The molecule has 1 unspecified atom stereocenters. The zero-order chi connectivity index (χ0) is 15.5. The number of nitrogens with zero attached hydrogens (tertiary/aromatic N) is 2. The number of carbonyl (C=O) groups is 1. The zero-order valence-electron chi connectivity index (χ0n) is 12.7. The molecule has 4 nitrogen and oxygen atoms in total. The minimum atomic E-state index is -0.968. The van der Waals surface area contributed by atoms with Gasteiger partial charge in [0, 0.05) is 23.5 Å². The van der Waals surface area contributed by atoms with Crippen molar-refractivity contribution in [2.45, 2.75) is 38.8 Å². The van der Waals surface area contributed by atoms with Crippen LogP contribution in [0.1, 0.15) is 42.2 Å². The molecule has 1 saturated heterocycles. The smallest absolute Gasteiger partial charge is 0.355 e. The van der Waals surface area contributed by atoms with Gasteiger partial charge in [0.25, 0.3) is 0 Å². The van der Waals surface area contributed by atoms with E-state index in [1.807, 2.05) is 18.2 Å². The van der Waals surface area contributed by atoms with Gasteiger partial charge in [-0.1, -0.05) is 30.7 Å². The van der Waals surface area contributed by atoms with E-state index >= 15 is 0 Å². The summed E-state index contributed by atoms with van der Waals surface area (Å²) in [5, 5.41) is 11.4. The Kier molecular flexibility index (Phi) is 4.55. The number of benzene rings is 1. The maximum atomic E-state index is 11.0. The average molecular weight is 316 g/mol. The van der Waals surface area contributed by atoms with Gasteiger partial charge in [-0.25, -0.2) is 9.78 Å². The van der Waals surface area contributed by atoms with E-state index in [-0.39, 0.29) is 5.69 Å². The third kappa shape index (κ3) is 3.20. The van der Waals surface area contributed by atoms with Crippen LogP contribution in [0.25, 0.3) is 10.6 Å². The summed E-state index contributed by atoms with van der Waals surface area (Å²) in [4.78, 5) is 17.8. The second kappa shape index (κ2) is 6.58. The predicted octanol–water partition coefficient (Wildman–Crippen LogP) is 3.88. The normalized spacial score (nSPS) is 19.2. The summed E-state index contributed by atoms with van der Waals surface area (Å²) in [7, 11) is 0. The Morgan fingerprint density at radius 2 is 2.23 bits per heavy atom. The Balaban J connectivity index is 1.87. The van der Waals surface area contributed by atoms with Crippen molar-refractivity contribution >= 4 is 17.3 Å². The van der Waals surface area contributed by atoms with Crippen molar-refractivity contribution in [1.29, 1.82) is 0 Å². The first-order valence-electron chi connectivity index (χ1n) is 7.66. The molecular formula is C17H20N2O2S. The highest BCUT2D eigenvalue weighted by atomic mass is 32.1. The van der Waals surface area contributed by atoms with Crippen LogP contribution in [-0.4, -0.2) is 33.5 Å². The Labute approximate surface area is 134 Å². The van der Waals surface area contributed by atoms with E-state index in [4.69, 9.17) is 5.11 Å². The van der Waals surface area contributed by atoms with Crippen molar-refractivity contribution in [3.63, 3.8) is 0 Å². The highest BCUT2D eigenvalue weighted by molar-refractivity contribution is 7.13. The molecule has 1 fully saturated rings. The molecule has 1 N–H and O–H groups in total. The maximum Gasteiger partial charge on any atom is 0.355 e. The first-order valence-corrected chi connectivity index (χ1v) is 8.54. The number of hydrogen-bond acceptors (Lipinski definition) is 4. The van der Waals surface area contributed by atoms with Crippen LogP contribution in [0.5, 0.6) is 0 Å². The Morgan fingerprint density at radius 1 is 1.41 bits per heavy atom. The van der Waals surface area contributed by atoms with Gasteiger partial charge in [-0.2, -0.15) is 0 Å².